The maximum atomic E-state index is 13.1. The summed E-state index contributed by atoms with van der Waals surface area (Å²) in [5, 5.41) is 0.358. The van der Waals surface area contributed by atoms with Gasteiger partial charge in [0.05, 0.1) is 9.92 Å². The summed E-state index contributed by atoms with van der Waals surface area (Å²) in [6.45, 7) is -0.0185. The van der Waals surface area contributed by atoms with E-state index >= 15 is 0 Å². The average Bonchev–Trinajstić information content (AvgIpc) is 2.63. The number of aromatic nitrogens is 1. The second-order valence-corrected chi connectivity index (χ2v) is 8.75. The minimum Gasteiger partial charge on any atom is -0.406 e. The van der Waals surface area contributed by atoms with Crippen molar-refractivity contribution in [2.24, 2.45) is 0 Å². The number of hydrogen-bond donors (Lipinski definition) is 0. The van der Waals surface area contributed by atoms with Crippen molar-refractivity contribution in [3.8, 4) is 5.75 Å². The van der Waals surface area contributed by atoms with Gasteiger partial charge in [0.2, 0.25) is 10.0 Å². The van der Waals surface area contributed by atoms with Crippen LogP contribution in [0.3, 0.4) is 0 Å². The van der Waals surface area contributed by atoms with Crippen LogP contribution in [0.5, 0.6) is 5.75 Å². The maximum Gasteiger partial charge on any atom is 0.573 e. The number of piperidine rings is 1. The molecular formula is C18H16ClF3N2O4S. The first-order valence-electron chi connectivity index (χ1n) is 8.54. The molecule has 2 aromatic rings. The Kier molecular flexibility index (Phi) is 6.16. The van der Waals surface area contributed by atoms with Crippen LogP contribution in [0.15, 0.2) is 47.6 Å². The van der Waals surface area contributed by atoms with Crippen LogP contribution in [-0.4, -0.2) is 42.4 Å². The molecule has 0 bridgehead atoms. The molecule has 0 spiro atoms. The number of hydrogen-bond acceptors (Lipinski definition) is 5. The van der Waals surface area contributed by atoms with E-state index in [2.05, 4.69) is 9.72 Å². The average molecular weight is 449 g/mol. The first-order chi connectivity index (χ1) is 13.6. The number of carbonyl (C=O) groups is 1. The summed E-state index contributed by atoms with van der Waals surface area (Å²) in [6, 6.07) is 4.95. The molecule has 0 saturated carbocycles. The standard InChI is InChI=1S/C18H16ClF3N2O4S/c19-17-11-23-7-5-12(17)9-13-10-14(25)6-8-24(13)29(26,27)16-3-1-15(2-4-16)28-18(20,21)22/h1-5,7,11,13H,6,8-10H2. The first kappa shape index (κ1) is 21.5. The Hall–Kier alpha value is -2.17. The third-order valence-corrected chi connectivity index (χ3v) is 6.76. The molecule has 11 heteroatoms. The molecule has 1 unspecified atom stereocenters. The molecule has 1 atom stereocenters. The molecule has 156 valence electrons. The molecule has 1 fully saturated rings. The summed E-state index contributed by atoms with van der Waals surface area (Å²) in [5.41, 5.74) is 0.649. The van der Waals surface area contributed by atoms with Crippen molar-refractivity contribution in [3.05, 3.63) is 53.3 Å². The predicted octanol–water partition coefficient (Wildman–Crippen LogP) is 3.60. The Labute approximate surface area is 170 Å². The van der Waals surface area contributed by atoms with E-state index in [0.29, 0.717) is 10.6 Å². The Morgan fingerprint density at radius 3 is 2.52 bits per heavy atom. The lowest BCUT2D eigenvalue weighted by Crippen LogP contribution is -2.47. The van der Waals surface area contributed by atoms with E-state index in [1.54, 1.807) is 6.07 Å². The molecule has 1 aliphatic heterocycles. The third-order valence-electron chi connectivity index (χ3n) is 4.46. The summed E-state index contributed by atoms with van der Waals surface area (Å²) in [6.07, 6.45) is -1.63. The Bertz CT molecular complexity index is 997. The monoisotopic (exact) mass is 448 g/mol. The molecule has 0 N–H and O–H groups in total. The highest BCUT2D eigenvalue weighted by Crippen LogP contribution is 2.30. The normalized spacial score (nSPS) is 18.6. The van der Waals surface area contributed by atoms with E-state index in [4.69, 9.17) is 11.6 Å². The van der Waals surface area contributed by atoms with Gasteiger partial charge in [0.25, 0.3) is 0 Å². The van der Waals surface area contributed by atoms with Crippen LogP contribution in [0, 0.1) is 0 Å². The number of carbonyl (C=O) groups excluding carboxylic acids is 1. The second-order valence-electron chi connectivity index (χ2n) is 6.45. The highest BCUT2D eigenvalue weighted by molar-refractivity contribution is 7.89. The van der Waals surface area contributed by atoms with Gasteiger partial charge in [-0.1, -0.05) is 11.6 Å². The molecule has 2 heterocycles. The molecule has 1 saturated heterocycles. The Morgan fingerprint density at radius 1 is 1.21 bits per heavy atom. The van der Waals surface area contributed by atoms with Gasteiger partial charge in [-0.15, -0.1) is 13.2 Å². The van der Waals surface area contributed by atoms with Gasteiger partial charge in [0.1, 0.15) is 11.5 Å². The summed E-state index contributed by atoms with van der Waals surface area (Å²) in [7, 11) is -4.04. The lowest BCUT2D eigenvalue weighted by molar-refractivity contribution is -0.274. The van der Waals surface area contributed by atoms with Gasteiger partial charge in [-0.25, -0.2) is 8.42 Å². The van der Waals surface area contributed by atoms with Gasteiger partial charge >= 0.3 is 6.36 Å². The van der Waals surface area contributed by atoms with Gasteiger partial charge in [-0.05, 0) is 42.3 Å². The van der Waals surface area contributed by atoms with Gasteiger partial charge in [0, 0.05) is 37.8 Å². The molecule has 0 radical (unpaired) electrons. The molecule has 3 rings (SSSR count). The van der Waals surface area contributed by atoms with E-state index in [0.717, 1.165) is 24.3 Å². The van der Waals surface area contributed by atoms with E-state index in [1.807, 2.05) is 0 Å². The maximum absolute atomic E-state index is 13.1. The topological polar surface area (TPSA) is 76.6 Å². The number of alkyl halides is 3. The van der Waals surface area contributed by atoms with Gasteiger partial charge < -0.3 is 4.74 Å². The Morgan fingerprint density at radius 2 is 1.90 bits per heavy atom. The third kappa shape index (κ3) is 5.26. The smallest absolute Gasteiger partial charge is 0.406 e. The number of sulfonamides is 1. The second kappa shape index (κ2) is 8.29. The van der Waals surface area contributed by atoms with Crippen LogP contribution in [0.4, 0.5) is 13.2 Å². The van der Waals surface area contributed by atoms with Crippen LogP contribution < -0.4 is 4.74 Å². The fraction of sp³-hybridized carbons (Fsp3) is 0.333. The quantitative estimate of drug-likeness (QED) is 0.698. The summed E-state index contributed by atoms with van der Waals surface area (Å²) in [5.74, 6) is -0.592. The van der Waals surface area contributed by atoms with Crippen molar-refractivity contribution in [3.63, 3.8) is 0 Å². The number of ketones is 1. The zero-order valence-electron chi connectivity index (χ0n) is 14.9. The molecule has 1 aromatic heterocycles. The molecule has 1 aliphatic rings. The zero-order chi connectivity index (χ0) is 21.2. The van der Waals surface area contributed by atoms with Crippen LogP contribution in [0.2, 0.25) is 5.02 Å². The summed E-state index contributed by atoms with van der Waals surface area (Å²) >= 11 is 6.11. The largest absolute Gasteiger partial charge is 0.573 e. The highest BCUT2D eigenvalue weighted by atomic mass is 35.5. The molecule has 29 heavy (non-hydrogen) atoms. The van der Waals surface area contributed by atoms with E-state index in [-0.39, 0.29) is 36.5 Å². The molecule has 0 amide bonds. The van der Waals surface area contributed by atoms with E-state index < -0.39 is 28.2 Å². The number of nitrogens with zero attached hydrogens (tertiary/aromatic N) is 2. The SMILES string of the molecule is O=C1CCN(S(=O)(=O)c2ccc(OC(F)(F)F)cc2)C(Cc2ccncc2Cl)C1. The fourth-order valence-electron chi connectivity index (χ4n) is 3.15. The van der Waals surface area contributed by atoms with Crippen molar-refractivity contribution in [2.45, 2.75) is 36.6 Å². The van der Waals surface area contributed by atoms with Crippen molar-refractivity contribution in [2.75, 3.05) is 6.54 Å². The van der Waals surface area contributed by atoms with E-state index in [9.17, 15) is 26.4 Å². The van der Waals surface area contributed by atoms with Crippen molar-refractivity contribution in [1.29, 1.82) is 0 Å². The summed E-state index contributed by atoms with van der Waals surface area (Å²) < 4.78 is 68.0. The van der Waals surface area contributed by atoms with Crippen LogP contribution in [-0.2, 0) is 21.2 Å². The minimum absolute atomic E-state index is 0.0185. The Balaban J connectivity index is 1.86. The zero-order valence-corrected chi connectivity index (χ0v) is 16.5. The van der Waals surface area contributed by atoms with Gasteiger partial charge in [-0.3, -0.25) is 9.78 Å². The molecule has 1 aromatic carbocycles. The molecule has 6 nitrogen and oxygen atoms in total. The summed E-state index contributed by atoms with van der Waals surface area (Å²) in [4.78, 5) is 15.6. The van der Waals surface area contributed by atoms with Gasteiger partial charge in [-0.2, -0.15) is 4.31 Å². The molecular weight excluding hydrogens is 433 g/mol. The number of rotatable bonds is 5. The first-order valence-corrected chi connectivity index (χ1v) is 10.4. The lowest BCUT2D eigenvalue weighted by atomic mass is 9.97. The van der Waals surface area contributed by atoms with Gasteiger partial charge in [0.15, 0.2) is 0 Å². The number of ether oxygens (including phenoxy) is 1. The minimum atomic E-state index is -4.87. The highest BCUT2D eigenvalue weighted by Gasteiger charge is 2.37. The number of benzene rings is 1. The van der Waals surface area contributed by atoms with Crippen molar-refractivity contribution < 1.29 is 31.1 Å². The van der Waals surface area contributed by atoms with Crippen molar-refractivity contribution in [1.82, 2.24) is 9.29 Å². The number of halogens is 4. The van der Waals surface area contributed by atoms with Crippen LogP contribution >= 0.6 is 11.6 Å². The van der Waals surface area contributed by atoms with Crippen LogP contribution in [0.1, 0.15) is 18.4 Å². The van der Waals surface area contributed by atoms with Crippen LogP contribution in [0.25, 0.3) is 0 Å². The molecule has 0 aliphatic carbocycles. The number of Topliss-reactive ketones (excluding diaryl/α,β-unsaturated/α-hetero) is 1. The number of pyridine rings is 1. The fourth-order valence-corrected chi connectivity index (χ4v) is 4.97. The van der Waals surface area contributed by atoms with E-state index in [1.165, 1.54) is 16.7 Å². The predicted molar refractivity (Wildman–Crippen MR) is 98.0 cm³/mol. The van der Waals surface area contributed by atoms with Crippen molar-refractivity contribution >= 4 is 27.4 Å². The lowest BCUT2D eigenvalue weighted by Gasteiger charge is -2.34.